The predicted molar refractivity (Wildman–Crippen MR) is 46.4 cm³/mol. The standard InChI is InChI=1S/C8H15NO5/c1-4(11)9-5-3-14-8(7(5)13)6(12)2-10/h5-8,10,12-13H,2-3H2,1H3,(H,9,11)/t5-,6+,7+,8-/m0/s1. The van der Waals surface area contributed by atoms with E-state index in [9.17, 15) is 15.0 Å². The van der Waals surface area contributed by atoms with Gasteiger partial charge in [0.15, 0.2) is 0 Å². The molecule has 0 aromatic heterocycles. The van der Waals surface area contributed by atoms with Gasteiger partial charge in [0.2, 0.25) is 5.91 Å². The summed E-state index contributed by atoms with van der Waals surface area (Å²) in [6.45, 7) is 1.000. The molecule has 1 heterocycles. The lowest BCUT2D eigenvalue weighted by Crippen LogP contribution is -2.46. The molecule has 1 saturated heterocycles. The van der Waals surface area contributed by atoms with Crippen molar-refractivity contribution in [1.29, 1.82) is 0 Å². The van der Waals surface area contributed by atoms with Crippen LogP contribution >= 0.6 is 0 Å². The van der Waals surface area contributed by atoms with Crippen molar-refractivity contribution in [3.05, 3.63) is 0 Å². The molecule has 0 spiro atoms. The van der Waals surface area contributed by atoms with Gasteiger partial charge < -0.3 is 25.4 Å². The number of hydrogen-bond donors (Lipinski definition) is 4. The molecule has 0 saturated carbocycles. The van der Waals surface area contributed by atoms with Crippen molar-refractivity contribution in [2.75, 3.05) is 13.2 Å². The van der Waals surface area contributed by atoms with E-state index in [1.54, 1.807) is 0 Å². The number of hydrogen-bond acceptors (Lipinski definition) is 5. The van der Waals surface area contributed by atoms with Gasteiger partial charge in [0.05, 0.1) is 19.3 Å². The Morgan fingerprint density at radius 1 is 1.71 bits per heavy atom. The number of carbonyl (C=O) groups excluding carboxylic acids is 1. The molecular weight excluding hydrogens is 190 g/mol. The molecule has 1 aliphatic heterocycles. The van der Waals surface area contributed by atoms with E-state index in [4.69, 9.17) is 9.84 Å². The molecule has 1 amide bonds. The SMILES string of the molecule is CC(=O)N[C@H]1CO[C@@H]([C@H](O)CO)[C@@H]1O. The molecule has 0 radical (unpaired) electrons. The fraction of sp³-hybridized carbons (Fsp3) is 0.875. The fourth-order valence-electron chi connectivity index (χ4n) is 1.47. The van der Waals surface area contributed by atoms with Gasteiger partial charge in [-0.05, 0) is 0 Å². The van der Waals surface area contributed by atoms with Crippen LogP contribution < -0.4 is 5.32 Å². The molecule has 6 heteroatoms. The van der Waals surface area contributed by atoms with Crippen molar-refractivity contribution in [3.63, 3.8) is 0 Å². The molecule has 4 N–H and O–H groups in total. The van der Waals surface area contributed by atoms with Gasteiger partial charge in [0.25, 0.3) is 0 Å². The summed E-state index contributed by atoms with van der Waals surface area (Å²) in [5.74, 6) is -0.267. The smallest absolute Gasteiger partial charge is 0.217 e. The molecule has 4 atom stereocenters. The molecule has 1 aliphatic rings. The summed E-state index contributed by atoms with van der Waals surface area (Å²) < 4.78 is 5.06. The van der Waals surface area contributed by atoms with Crippen LogP contribution in [0.1, 0.15) is 6.92 Å². The summed E-state index contributed by atoms with van der Waals surface area (Å²) in [6, 6.07) is -0.515. The minimum Gasteiger partial charge on any atom is -0.394 e. The molecule has 0 aliphatic carbocycles. The van der Waals surface area contributed by atoms with E-state index in [0.29, 0.717) is 0 Å². The first-order valence-electron chi connectivity index (χ1n) is 4.42. The summed E-state index contributed by atoms with van der Waals surface area (Å²) in [7, 11) is 0. The molecular formula is C8H15NO5. The number of carbonyl (C=O) groups is 1. The zero-order valence-electron chi connectivity index (χ0n) is 7.88. The van der Waals surface area contributed by atoms with Crippen molar-refractivity contribution < 1.29 is 24.9 Å². The summed E-state index contributed by atoms with van der Waals surface area (Å²) in [5.41, 5.74) is 0. The minimum atomic E-state index is -1.12. The third-order valence-corrected chi connectivity index (χ3v) is 2.17. The second-order valence-electron chi connectivity index (χ2n) is 3.35. The lowest BCUT2D eigenvalue weighted by Gasteiger charge is -2.20. The van der Waals surface area contributed by atoms with Crippen LogP contribution in [0, 0.1) is 0 Å². The molecule has 1 rings (SSSR count). The number of ether oxygens (including phenoxy) is 1. The van der Waals surface area contributed by atoms with Crippen molar-refractivity contribution in [1.82, 2.24) is 5.32 Å². The van der Waals surface area contributed by atoms with Gasteiger partial charge in [0.1, 0.15) is 18.3 Å². The Kier molecular flexibility index (Phi) is 3.82. The third-order valence-electron chi connectivity index (χ3n) is 2.17. The van der Waals surface area contributed by atoms with Crippen LogP contribution in [0.4, 0.5) is 0 Å². The maximum atomic E-state index is 10.7. The maximum absolute atomic E-state index is 10.7. The average molecular weight is 205 g/mol. The first-order chi connectivity index (χ1) is 6.56. The Bertz CT molecular complexity index is 210. The number of rotatable bonds is 3. The zero-order chi connectivity index (χ0) is 10.7. The summed E-state index contributed by atoms with van der Waals surface area (Å²) in [6.07, 6.45) is -2.94. The van der Waals surface area contributed by atoms with E-state index in [1.807, 2.05) is 0 Å². The van der Waals surface area contributed by atoms with E-state index in [-0.39, 0.29) is 12.5 Å². The van der Waals surface area contributed by atoms with Crippen molar-refractivity contribution in [2.24, 2.45) is 0 Å². The Balaban J connectivity index is 2.50. The molecule has 0 aromatic rings. The van der Waals surface area contributed by atoms with Crippen LogP contribution in [0.25, 0.3) is 0 Å². The first kappa shape index (κ1) is 11.4. The Hall–Kier alpha value is -0.690. The number of aliphatic hydroxyl groups excluding tert-OH is 3. The highest BCUT2D eigenvalue weighted by molar-refractivity contribution is 5.73. The highest BCUT2D eigenvalue weighted by Crippen LogP contribution is 2.17. The Morgan fingerprint density at radius 2 is 2.36 bits per heavy atom. The molecule has 82 valence electrons. The zero-order valence-corrected chi connectivity index (χ0v) is 7.88. The molecule has 1 fully saturated rings. The van der Waals surface area contributed by atoms with Crippen LogP contribution in [0.2, 0.25) is 0 Å². The lowest BCUT2D eigenvalue weighted by atomic mass is 10.1. The number of aliphatic hydroxyl groups is 3. The summed E-state index contributed by atoms with van der Waals surface area (Å²) in [5, 5.41) is 30.0. The Labute approximate surface area is 81.5 Å². The van der Waals surface area contributed by atoms with Crippen LogP contribution in [-0.4, -0.2) is 58.8 Å². The van der Waals surface area contributed by atoms with Crippen LogP contribution in [0.3, 0.4) is 0 Å². The highest BCUT2D eigenvalue weighted by Gasteiger charge is 2.40. The van der Waals surface area contributed by atoms with E-state index in [0.717, 1.165) is 0 Å². The third kappa shape index (κ3) is 2.42. The van der Waals surface area contributed by atoms with E-state index >= 15 is 0 Å². The Morgan fingerprint density at radius 3 is 2.86 bits per heavy atom. The molecule has 0 unspecified atom stereocenters. The minimum absolute atomic E-state index is 0.141. The van der Waals surface area contributed by atoms with E-state index in [2.05, 4.69) is 5.32 Å². The van der Waals surface area contributed by atoms with Crippen LogP contribution in [-0.2, 0) is 9.53 Å². The van der Waals surface area contributed by atoms with Gasteiger partial charge in [-0.15, -0.1) is 0 Å². The average Bonchev–Trinajstić information content (AvgIpc) is 2.46. The maximum Gasteiger partial charge on any atom is 0.217 e. The first-order valence-corrected chi connectivity index (χ1v) is 4.42. The van der Waals surface area contributed by atoms with Crippen molar-refractivity contribution >= 4 is 5.91 Å². The van der Waals surface area contributed by atoms with Crippen LogP contribution in [0.5, 0.6) is 0 Å². The summed E-state index contributed by atoms with van der Waals surface area (Å²) in [4.78, 5) is 10.7. The van der Waals surface area contributed by atoms with Gasteiger partial charge in [-0.2, -0.15) is 0 Å². The number of nitrogens with one attached hydrogen (secondary N) is 1. The van der Waals surface area contributed by atoms with Gasteiger partial charge in [-0.25, -0.2) is 0 Å². The van der Waals surface area contributed by atoms with Gasteiger partial charge >= 0.3 is 0 Å². The quantitative estimate of drug-likeness (QED) is 0.412. The largest absolute Gasteiger partial charge is 0.394 e. The van der Waals surface area contributed by atoms with Crippen molar-refractivity contribution in [3.8, 4) is 0 Å². The number of amides is 1. The molecule has 0 aromatic carbocycles. The highest BCUT2D eigenvalue weighted by atomic mass is 16.5. The second-order valence-corrected chi connectivity index (χ2v) is 3.35. The topological polar surface area (TPSA) is 99.0 Å². The predicted octanol–water partition coefficient (Wildman–Crippen LogP) is -2.40. The van der Waals surface area contributed by atoms with Gasteiger partial charge in [0, 0.05) is 6.92 Å². The monoisotopic (exact) mass is 205 g/mol. The normalized spacial score (nSPS) is 34.1. The van der Waals surface area contributed by atoms with Gasteiger partial charge in [-0.3, -0.25) is 4.79 Å². The summed E-state index contributed by atoms with van der Waals surface area (Å²) >= 11 is 0. The molecule has 14 heavy (non-hydrogen) atoms. The van der Waals surface area contributed by atoms with Gasteiger partial charge in [-0.1, -0.05) is 0 Å². The molecule has 6 nitrogen and oxygen atoms in total. The van der Waals surface area contributed by atoms with Crippen LogP contribution in [0.15, 0.2) is 0 Å². The molecule has 0 bridgehead atoms. The van der Waals surface area contributed by atoms with Crippen molar-refractivity contribution in [2.45, 2.75) is 31.3 Å². The second kappa shape index (κ2) is 4.70. The lowest BCUT2D eigenvalue weighted by molar-refractivity contribution is -0.120. The van der Waals surface area contributed by atoms with E-state index in [1.165, 1.54) is 6.92 Å². The van der Waals surface area contributed by atoms with E-state index < -0.39 is 31.0 Å². The fourth-order valence-corrected chi connectivity index (χ4v) is 1.47.